The third-order valence-electron chi connectivity index (χ3n) is 4.79. The van der Waals surface area contributed by atoms with E-state index in [0.29, 0.717) is 18.7 Å². The number of carbonyl (C=O) groups is 1. The second-order valence-electron chi connectivity index (χ2n) is 6.76. The quantitative estimate of drug-likeness (QED) is 0.779. The minimum atomic E-state index is -0.342. The van der Waals surface area contributed by atoms with Crippen LogP contribution < -0.4 is 10.6 Å². The molecule has 0 bridgehead atoms. The van der Waals surface area contributed by atoms with Gasteiger partial charge in [-0.25, -0.2) is 4.79 Å². The molecule has 3 rings (SSSR count). The molecule has 5 nitrogen and oxygen atoms in total. The highest BCUT2D eigenvalue weighted by atomic mass is 16.5. The number of aliphatic hydroxyl groups excluding tert-OH is 1. The molecule has 1 amide bonds. The summed E-state index contributed by atoms with van der Waals surface area (Å²) in [5, 5.41) is 16.2. The average Bonchev–Trinajstić information content (AvgIpc) is 2.52. The maximum absolute atomic E-state index is 11.8. The lowest BCUT2D eigenvalue weighted by atomic mass is 9.84. The van der Waals surface area contributed by atoms with E-state index in [9.17, 15) is 9.90 Å². The van der Waals surface area contributed by atoms with Crippen molar-refractivity contribution < 1.29 is 14.6 Å². The van der Waals surface area contributed by atoms with Gasteiger partial charge in [0.1, 0.15) is 6.61 Å². The van der Waals surface area contributed by atoms with E-state index in [-0.39, 0.29) is 18.2 Å². The van der Waals surface area contributed by atoms with Gasteiger partial charge in [0.15, 0.2) is 0 Å². The molecule has 0 spiro atoms. The molecule has 2 saturated carbocycles. The molecule has 0 saturated heterocycles. The number of nitrogens with one attached hydrogen (secondary N) is 2. The van der Waals surface area contributed by atoms with Gasteiger partial charge in [0.2, 0.25) is 0 Å². The Kier molecular flexibility index (Phi) is 5.51. The summed E-state index contributed by atoms with van der Waals surface area (Å²) in [5.41, 5.74) is 0.992. The number of hydrogen-bond donors (Lipinski definition) is 3. The molecule has 0 aliphatic heterocycles. The number of aliphatic hydroxyl groups is 1. The monoisotopic (exact) mass is 318 g/mol. The van der Waals surface area contributed by atoms with Gasteiger partial charge in [-0.2, -0.15) is 0 Å². The maximum Gasteiger partial charge on any atom is 0.407 e. The molecule has 0 heterocycles. The smallest absolute Gasteiger partial charge is 0.407 e. The second-order valence-corrected chi connectivity index (χ2v) is 6.76. The second kappa shape index (κ2) is 7.79. The van der Waals surface area contributed by atoms with Crippen molar-refractivity contribution in [1.82, 2.24) is 10.6 Å². The first-order valence-electron chi connectivity index (χ1n) is 8.60. The number of benzene rings is 1. The van der Waals surface area contributed by atoms with E-state index in [0.717, 1.165) is 44.1 Å². The normalized spacial score (nSPS) is 30.3. The summed E-state index contributed by atoms with van der Waals surface area (Å²) >= 11 is 0. The zero-order chi connectivity index (χ0) is 16.1. The van der Waals surface area contributed by atoms with Crippen LogP contribution in [0.4, 0.5) is 4.79 Å². The number of ether oxygens (including phenoxy) is 1. The molecule has 2 aliphatic rings. The SMILES string of the molecule is O=C(NC1CC(NC2CCCC(O)C2)C1)OCc1ccccc1. The number of alkyl carbamates (subject to hydrolysis) is 1. The Morgan fingerprint density at radius 2 is 1.87 bits per heavy atom. The zero-order valence-corrected chi connectivity index (χ0v) is 13.4. The van der Waals surface area contributed by atoms with Crippen LogP contribution in [0.5, 0.6) is 0 Å². The minimum absolute atomic E-state index is 0.150. The summed E-state index contributed by atoms with van der Waals surface area (Å²) in [6.45, 7) is 0.307. The molecule has 2 fully saturated rings. The lowest BCUT2D eigenvalue weighted by Crippen LogP contribution is -2.55. The predicted molar refractivity (Wildman–Crippen MR) is 88.0 cm³/mol. The molecule has 5 heteroatoms. The molecule has 126 valence electrons. The number of hydrogen-bond acceptors (Lipinski definition) is 4. The van der Waals surface area contributed by atoms with E-state index in [1.165, 1.54) is 0 Å². The van der Waals surface area contributed by atoms with E-state index in [1.54, 1.807) is 0 Å². The van der Waals surface area contributed by atoms with Crippen molar-refractivity contribution in [3.63, 3.8) is 0 Å². The van der Waals surface area contributed by atoms with Crippen LogP contribution in [0.15, 0.2) is 30.3 Å². The van der Waals surface area contributed by atoms with Crippen LogP contribution in [0.1, 0.15) is 44.1 Å². The van der Waals surface area contributed by atoms with Crippen LogP contribution in [0.2, 0.25) is 0 Å². The van der Waals surface area contributed by atoms with E-state index in [1.807, 2.05) is 30.3 Å². The van der Waals surface area contributed by atoms with Crippen LogP contribution in [-0.4, -0.2) is 35.4 Å². The number of rotatable bonds is 5. The Hall–Kier alpha value is -1.59. The van der Waals surface area contributed by atoms with E-state index in [2.05, 4.69) is 10.6 Å². The Morgan fingerprint density at radius 1 is 1.09 bits per heavy atom. The van der Waals surface area contributed by atoms with Crippen molar-refractivity contribution in [2.75, 3.05) is 0 Å². The molecule has 1 aromatic carbocycles. The van der Waals surface area contributed by atoms with Crippen molar-refractivity contribution in [2.45, 2.75) is 69.4 Å². The van der Waals surface area contributed by atoms with Gasteiger partial charge >= 0.3 is 6.09 Å². The van der Waals surface area contributed by atoms with Crippen molar-refractivity contribution in [2.24, 2.45) is 0 Å². The Labute approximate surface area is 137 Å². The van der Waals surface area contributed by atoms with E-state index >= 15 is 0 Å². The fourth-order valence-corrected chi connectivity index (χ4v) is 3.45. The number of amides is 1. The zero-order valence-electron chi connectivity index (χ0n) is 13.4. The highest BCUT2D eigenvalue weighted by molar-refractivity contribution is 5.67. The van der Waals surface area contributed by atoms with Crippen LogP contribution >= 0.6 is 0 Å². The maximum atomic E-state index is 11.8. The van der Waals surface area contributed by atoms with Crippen LogP contribution in [0.25, 0.3) is 0 Å². The Morgan fingerprint density at radius 3 is 2.61 bits per heavy atom. The third-order valence-corrected chi connectivity index (χ3v) is 4.79. The average molecular weight is 318 g/mol. The van der Waals surface area contributed by atoms with E-state index in [4.69, 9.17) is 4.74 Å². The summed E-state index contributed by atoms with van der Waals surface area (Å²) in [4.78, 5) is 11.8. The van der Waals surface area contributed by atoms with Gasteiger partial charge in [-0.1, -0.05) is 30.3 Å². The van der Waals surface area contributed by atoms with Crippen molar-refractivity contribution in [3.8, 4) is 0 Å². The Balaban J connectivity index is 1.30. The molecule has 0 aromatic heterocycles. The summed E-state index contributed by atoms with van der Waals surface area (Å²) < 4.78 is 5.23. The van der Waals surface area contributed by atoms with Crippen LogP contribution in [0, 0.1) is 0 Å². The van der Waals surface area contributed by atoms with Gasteiger partial charge < -0.3 is 20.5 Å². The summed E-state index contributed by atoms with van der Waals surface area (Å²) in [6, 6.07) is 10.8. The van der Waals surface area contributed by atoms with Gasteiger partial charge in [-0.05, 0) is 44.1 Å². The highest BCUT2D eigenvalue weighted by Crippen LogP contribution is 2.25. The van der Waals surface area contributed by atoms with Crippen LogP contribution in [-0.2, 0) is 11.3 Å². The molecular formula is C18H26N2O3. The fraction of sp³-hybridized carbons (Fsp3) is 0.611. The minimum Gasteiger partial charge on any atom is -0.445 e. The summed E-state index contributed by atoms with van der Waals surface area (Å²) in [5.74, 6) is 0. The molecule has 1 aromatic rings. The predicted octanol–water partition coefficient (Wildman–Crippen LogP) is 2.34. The molecule has 23 heavy (non-hydrogen) atoms. The van der Waals surface area contributed by atoms with Gasteiger partial charge in [0.05, 0.1) is 6.10 Å². The van der Waals surface area contributed by atoms with Crippen molar-refractivity contribution in [3.05, 3.63) is 35.9 Å². The standard InChI is InChI=1S/C18H26N2O3/c21-17-8-4-7-14(11-17)19-15-9-16(10-15)20-18(22)23-12-13-5-2-1-3-6-13/h1-3,5-6,14-17,19,21H,4,7-12H2,(H,20,22). The highest BCUT2D eigenvalue weighted by Gasteiger charge is 2.33. The van der Waals surface area contributed by atoms with Gasteiger partial charge in [0, 0.05) is 18.1 Å². The van der Waals surface area contributed by atoms with E-state index < -0.39 is 0 Å². The lowest BCUT2D eigenvalue weighted by Gasteiger charge is -2.40. The molecule has 0 radical (unpaired) electrons. The number of carbonyl (C=O) groups excluding carboxylic acids is 1. The third kappa shape index (κ3) is 4.94. The molecular weight excluding hydrogens is 292 g/mol. The topological polar surface area (TPSA) is 70.6 Å². The summed E-state index contributed by atoms with van der Waals surface area (Å²) in [6.07, 6.45) is 5.41. The first kappa shape index (κ1) is 16.3. The van der Waals surface area contributed by atoms with Crippen LogP contribution in [0.3, 0.4) is 0 Å². The van der Waals surface area contributed by atoms with Gasteiger partial charge in [0.25, 0.3) is 0 Å². The molecule has 2 atom stereocenters. The molecule has 2 aliphatic carbocycles. The summed E-state index contributed by atoms with van der Waals surface area (Å²) in [7, 11) is 0. The van der Waals surface area contributed by atoms with Gasteiger partial charge in [-0.15, -0.1) is 0 Å². The fourth-order valence-electron chi connectivity index (χ4n) is 3.45. The Bertz CT molecular complexity index is 502. The molecule has 3 N–H and O–H groups in total. The largest absolute Gasteiger partial charge is 0.445 e. The van der Waals surface area contributed by atoms with Crippen molar-refractivity contribution in [1.29, 1.82) is 0 Å². The lowest BCUT2D eigenvalue weighted by molar-refractivity contribution is 0.0970. The first-order chi connectivity index (χ1) is 11.2. The molecule has 2 unspecified atom stereocenters. The van der Waals surface area contributed by atoms with Gasteiger partial charge in [-0.3, -0.25) is 0 Å². The van der Waals surface area contributed by atoms with Crippen molar-refractivity contribution >= 4 is 6.09 Å². The first-order valence-corrected chi connectivity index (χ1v) is 8.60.